The smallest absolute Gasteiger partial charge is 0.321 e. The van der Waals surface area contributed by atoms with E-state index >= 15 is 0 Å². The monoisotopic (exact) mass is 329 g/mol. The van der Waals surface area contributed by atoms with Crippen LogP contribution in [0.15, 0.2) is 59.7 Å². The van der Waals surface area contributed by atoms with Gasteiger partial charge in [0, 0.05) is 23.7 Å². The molecule has 0 spiro atoms. The molecule has 0 fully saturated rings. The van der Waals surface area contributed by atoms with E-state index in [2.05, 4.69) is 9.97 Å². The molecule has 2 aromatic rings. The molecule has 120 valence electrons. The molecule has 0 unspecified atom stereocenters. The van der Waals surface area contributed by atoms with Crippen molar-refractivity contribution in [2.24, 2.45) is 0 Å². The first-order chi connectivity index (χ1) is 11.4. The van der Waals surface area contributed by atoms with Crippen molar-refractivity contribution < 1.29 is 13.2 Å². The molecule has 3 heterocycles. The Hall–Kier alpha value is -3.09. The molecule has 1 N–H and O–H groups in total. The highest BCUT2D eigenvalue weighted by atomic mass is 19.4. The first-order valence-corrected chi connectivity index (χ1v) is 7.11. The third-order valence-corrected chi connectivity index (χ3v) is 3.83. The van der Waals surface area contributed by atoms with Gasteiger partial charge in [-0.05, 0) is 18.2 Å². The number of rotatable bonds is 1. The van der Waals surface area contributed by atoms with Crippen LogP contribution in [0.5, 0.6) is 0 Å². The molecule has 7 heteroatoms. The van der Waals surface area contributed by atoms with E-state index in [1.54, 1.807) is 30.5 Å². The molecule has 0 aromatic carbocycles. The van der Waals surface area contributed by atoms with Crippen LogP contribution in [0.2, 0.25) is 0 Å². The Morgan fingerprint density at radius 2 is 1.88 bits per heavy atom. The van der Waals surface area contributed by atoms with E-state index in [1.165, 1.54) is 10.6 Å². The van der Waals surface area contributed by atoms with Gasteiger partial charge in [0.25, 0.3) is 5.56 Å². The Morgan fingerprint density at radius 1 is 1.08 bits per heavy atom. The third-order valence-electron chi connectivity index (χ3n) is 3.83. The summed E-state index contributed by atoms with van der Waals surface area (Å²) in [6.07, 6.45) is -1.60. The van der Waals surface area contributed by atoms with Crippen LogP contribution >= 0.6 is 0 Å². The minimum Gasteiger partial charge on any atom is -0.321 e. The lowest BCUT2D eigenvalue weighted by Gasteiger charge is -2.05. The molecular weight excluding hydrogens is 319 g/mol. The summed E-state index contributed by atoms with van der Waals surface area (Å²) < 4.78 is 39.9. The molecule has 0 atom stereocenters. The molecule has 4 rings (SSSR count). The van der Waals surface area contributed by atoms with Gasteiger partial charge in [-0.2, -0.15) is 13.2 Å². The van der Waals surface area contributed by atoms with Crippen molar-refractivity contribution in [2.75, 3.05) is 0 Å². The number of pyridine rings is 1. The van der Waals surface area contributed by atoms with Gasteiger partial charge < -0.3 is 9.38 Å². The fraction of sp³-hybridized carbons (Fsp3) is 0.0588. The standard InChI is InChI=1S/C17H10F3N3O/c18-17(19,20)10-6-7-23-9-13(21-14(23)8-10)15-11-4-2-1-3-5-12(11)22-16(15)24/h1-9H,(H,22,24). The maximum atomic E-state index is 12.8. The number of halogens is 3. The van der Waals surface area contributed by atoms with Gasteiger partial charge in [0.05, 0.1) is 16.8 Å². The maximum absolute atomic E-state index is 12.8. The summed E-state index contributed by atoms with van der Waals surface area (Å²) in [5.41, 5.74) is 1.03. The zero-order valence-corrected chi connectivity index (χ0v) is 12.1. The summed E-state index contributed by atoms with van der Waals surface area (Å²) in [7, 11) is 0. The van der Waals surface area contributed by atoms with Crippen molar-refractivity contribution in [3.05, 3.63) is 70.8 Å². The number of imidazole rings is 1. The van der Waals surface area contributed by atoms with Crippen LogP contribution in [0.4, 0.5) is 13.2 Å². The van der Waals surface area contributed by atoms with Crippen molar-refractivity contribution in [3.63, 3.8) is 0 Å². The van der Waals surface area contributed by atoms with Crippen LogP contribution < -0.4 is 5.56 Å². The van der Waals surface area contributed by atoms with E-state index in [4.69, 9.17) is 0 Å². The van der Waals surface area contributed by atoms with E-state index in [0.717, 1.165) is 12.1 Å². The Bertz CT molecular complexity index is 1080. The first-order valence-electron chi connectivity index (χ1n) is 7.11. The number of alkyl halides is 3. The van der Waals surface area contributed by atoms with Crippen molar-refractivity contribution in [1.29, 1.82) is 0 Å². The van der Waals surface area contributed by atoms with Crippen molar-refractivity contribution >= 4 is 5.65 Å². The van der Waals surface area contributed by atoms with Crippen LogP contribution in [0.3, 0.4) is 0 Å². The normalized spacial score (nSPS) is 12.1. The Morgan fingerprint density at radius 3 is 2.67 bits per heavy atom. The molecule has 0 saturated heterocycles. The van der Waals surface area contributed by atoms with Gasteiger partial charge in [-0.15, -0.1) is 0 Å². The summed E-state index contributed by atoms with van der Waals surface area (Å²) in [4.78, 5) is 19.2. The average molecular weight is 329 g/mol. The second-order valence-electron chi connectivity index (χ2n) is 5.37. The van der Waals surface area contributed by atoms with Crippen LogP contribution in [0.1, 0.15) is 5.56 Å². The maximum Gasteiger partial charge on any atom is 0.416 e. The second-order valence-corrected chi connectivity index (χ2v) is 5.37. The second kappa shape index (κ2) is 4.95. The largest absolute Gasteiger partial charge is 0.416 e. The summed E-state index contributed by atoms with van der Waals surface area (Å²) in [5.74, 6) is 0. The number of fused-ring (bicyclic) bond motifs is 2. The quantitative estimate of drug-likeness (QED) is 0.577. The predicted molar refractivity (Wildman–Crippen MR) is 82.9 cm³/mol. The molecular formula is C17H10F3N3O. The lowest BCUT2D eigenvalue weighted by atomic mass is 10.1. The van der Waals surface area contributed by atoms with Gasteiger partial charge in [-0.1, -0.05) is 24.3 Å². The Balaban J connectivity index is 1.93. The number of nitrogens with one attached hydrogen (secondary N) is 1. The number of aromatic nitrogens is 3. The SMILES string of the molecule is O=c1[nH]c2cccccc-2c1-c1cn2ccc(C(F)(F)F)cc2n1. The molecule has 2 aromatic heterocycles. The Labute approximate surface area is 133 Å². The highest BCUT2D eigenvalue weighted by molar-refractivity contribution is 5.82. The average Bonchev–Trinajstić information content (AvgIpc) is 2.98. The lowest BCUT2D eigenvalue weighted by Crippen LogP contribution is -2.05. The highest BCUT2D eigenvalue weighted by Crippen LogP contribution is 2.32. The lowest BCUT2D eigenvalue weighted by molar-refractivity contribution is -0.137. The summed E-state index contributed by atoms with van der Waals surface area (Å²) >= 11 is 0. The topological polar surface area (TPSA) is 50.2 Å². The van der Waals surface area contributed by atoms with Crippen molar-refractivity contribution in [3.8, 4) is 22.5 Å². The van der Waals surface area contributed by atoms with Gasteiger partial charge >= 0.3 is 6.18 Å². The van der Waals surface area contributed by atoms with E-state index in [0.29, 0.717) is 22.5 Å². The van der Waals surface area contributed by atoms with Gasteiger partial charge in [-0.3, -0.25) is 4.79 Å². The van der Waals surface area contributed by atoms with E-state index in [9.17, 15) is 18.0 Å². The first kappa shape index (κ1) is 14.5. The minimum absolute atomic E-state index is 0.133. The van der Waals surface area contributed by atoms with E-state index in [-0.39, 0.29) is 11.2 Å². The summed E-state index contributed by atoms with van der Waals surface area (Å²) in [5, 5.41) is 0. The number of H-pyrrole nitrogens is 1. The van der Waals surface area contributed by atoms with Crippen molar-refractivity contribution in [1.82, 2.24) is 14.4 Å². The zero-order chi connectivity index (χ0) is 16.9. The fourth-order valence-electron chi connectivity index (χ4n) is 2.71. The van der Waals surface area contributed by atoms with Crippen LogP contribution in [0.25, 0.3) is 28.2 Å². The number of aromatic amines is 1. The van der Waals surface area contributed by atoms with Gasteiger partial charge in [0.2, 0.25) is 0 Å². The highest BCUT2D eigenvalue weighted by Gasteiger charge is 2.31. The molecule has 0 amide bonds. The predicted octanol–water partition coefficient (Wildman–Crippen LogP) is 3.81. The van der Waals surface area contributed by atoms with Gasteiger partial charge in [0.1, 0.15) is 5.65 Å². The molecule has 0 saturated carbocycles. The van der Waals surface area contributed by atoms with Crippen LogP contribution in [-0.2, 0) is 6.18 Å². The molecule has 4 nitrogen and oxygen atoms in total. The summed E-state index contributed by atoms with van der Waals surface area (Å²) in [6.45, 7) is 0. The third kappa shape index (κ3) is 2.25. The fourth-order valence-corrected chi connectivity index (χ4v) is 2.71. The number of hydrogen-bond acceptors (Lipinski definition) is 2. The van der Waals surface area contributed by atoms with Crippen molar-refractivity contribution in [2.45, 2.75) is 6.18 Å². The minimum atomic E-state index is -4.44. The van der Waals surface area contributed by atoms with Gasteiger partial charge in [-0.25, -0.2) is 4.98 Å². The molecule has 1 aliphatic heterocycles. The summed E-state index contributed by atoms with van der Waals surface area (Å²) in [6, 6.07) is 10.9. The number of hydrogen-bond donors (Lipinski definition) is 1. The van der Waals surface area contributed by atoms with Crippen LogP contribution in [0, 0.1) is 0 Å². The zero-order valence-electron chi connectivity index (χ0n) is 12.1. The molecule has 2 aliphatic rings. The van der Waals surface area contributed by atoms with Gasteiger partial charge in [0.15, 0.2) is 0 Å². The Kier molecular flexibility index (Phi) is 2.99. The van der Waals surface area contributed by atoms with Crippen LogP contribution in [-0.4, -0.2) is 14.4 Å². The molecule has 0 radical (unpaired) electrons. The molecule has 24 heavy (non-hydrogen) atoms. The molecule has 0 bridgehead atoms. The number of nitrogens with zero attached hydrogens (tertiary/aromatic N) is 2. The van der Waals surface area contributed by atoms with E-state index < -0.39 is 11.7 Å². The van der Waals surface area contributed by atoms with E-state index in [1.807, 2.05) is 6.07 Å². The molecule has 1 aliphatic carbocycles.